The summed E-state index contributed by atoms with van der Waals surface area (Å²) in [6.45, 7) is 7.98. The lowest BCUT2D eigenvalue weighted by Gasteiger charge is -2.41. The normalized spacial score (nSPS) is 27.9. The van der Waals surface area contributed by atoms with Gasteiger partial charge >= 0.3 is 0 Å². The summed E-state index contributed by atoms with van der Waals surface area (Å²) in [4.78, 5) is 7.00. The number of aromatic nitrogens is 1. The average molecular weight is 498 g/mol. The zero-order chi connectivity index (χ0) is 26.4. The molecule has 0 spiro atoms. The third kappa shape index (κ3) is 3.64. The van der Waals surface area contributed by atoms with E-state index in [-0.39, 0.29) is 17.8 Å². The van der Waals surface area contributed by atoms with Crippen LogP contribution in [0, 0.1) is 30.1 Å². The second kappa shape index (κ2) is 9.48. The molecule has 3 aromatic rings. The maximum atomic E-state index is 13.1. The summed E-state index contributed by atoms with van der Waals surface area (Å²) in [6.07, 6.45) is 1.05. The molecule has 1 N–H and O–H groups in total. The second-order valence-electron chi connectivity index (χ2n) is 10.5. The molecule has 1 saturated carbocycles. The standard InChI is InChI=1S/C31H35N3O3/c1-6-16-34(4)19-25-21(3)30(35)28-26(17-20(2)33-29(28)36-5)37-31(30,24-14-12-22(18-32)13-15-24)27(25)23-10-8-7-9-11-23/h7-15,17,21,25,27,35H,6,16,19H2,1-5H3/t21-,25+,27?,30?,31?/m1/s1. The number of fused-ring (bicyclic) bond motifs is 3. The molecule has 0 bridgehead atoms. The van der Waals surface area contributed by atoms with Gasteiger partial charge in [0.1, 0.15) is 11.4 Å². The monoisotopic (exact) mass is 497 g/mol. The Labute approximate surface area is 219 Å². The van der Waals surface area contributed by atoms with Crippen LogP contribution in [-0.2, 0) is 11.2 Å². The van der Waals surface area contributed by atoms with E-state index in [1.165, 1.54) is 0 Å². The molecule has 6 nitrogen and oxygen atoms in total. The Morgan fingerprint density at radius 2 is 1.86 bits per heavy atom. The second-order valence-corrected chi connectivity index (χ2v) is 10.5. The molecule has 37 heavy (non-hydrogen) atoms. The number of nitriles is 1. The number of rotatable bonds is 7. The van der Waals surface area contributed by atoms with E-state index in [2.05, 4.69) is 49.0 Å². The molecule has 5 rings (SSSR count). The lowest BCUT2D eigenvalue weighted by Crippen LogP contribution is -2.50. The van der Waals surface area contributed by atoms with E-state index in [0.717, 1.165) is 36.3 Å². The van der Waals surface area contributed by atoms with Crippen LogP contribution in [0.15, 0.2) is 60.7 Å². The summed E-state index contributed by atoms with van der Waals surface area (Å²) >= 11 is 0. The molecule has 0 radical (unpaired) electrons. The van der Waals surface area contributed by atoms with Gasteiger partial charge in [0.15, 0.2) is 5.60 Å². The van der Waals surface area contributed by atoms with Gasteiger partial charge in [-0.05, 0) is 62.0 Å². The van der Waals surface area contributed by atoms with Crippen LogP contribution >= 0.6 is 0 Å². The van der Waals surface area contributed by atoms with E-state index in [1.807, 2.05) is 43.3 Å². The van der Waals surface area contributed by atoms with Crippen LogP contribution in [0.2, 0.25) is 0 Å². The number of benzene rings is 2. The maximum Gasteiger partial charge on any atom is 0.223 e. The molecular weight excluding hydrogens is 462 g/mol. The van der Waals surface area contributed by atoms with Crippen molar-refractivity contribution in [2.45, 2.75) is 44.3 Å². The van der Waals surface area contributed by atoms with Crippen molar-refractivity contribution in [1.82, 2.24) is 9.88 Å². The van der Waals surface area contributed by atoms with Crippen molar-refractivity contribution in [2.75, 3.05) is 27.2 Å². The Morgan fingerprint density at radius 3 is 2.49 bits per heavy atom. The molecule has 2 aliphatic rings. The molecule has 2 aromatic carbocycles. The molecule has 1 aliphatic carbocycles. The minimum absolute atomic E-state index is 0.0683. The van der Waals surface area contributed by atoms with Crippen LogP contribution in [0.5, 0.6) is 11.6 Å². The largest absolute Gasteiger partial charge is 0.481 e. The van der Waals surface area contributed by atoms with Crippen molar-refractivity contribution in [3.63, 3.8) is 0 Å². The number of aliphatic hydroxyl groups is 1. The summed E-state index contributed by atoms with van der Waals surface area (Å²) < 4.78 is 12.8. The van der Waals surface area contributed by atoms with E-state index in [9.17, 15) is 10.4 Å². The first-order valence-electron chi connectivity index (χ1n) is 13.0. The third-order valence-electron chi connectivity index (χ3n) is 8.39. The van der Waals surface area contributed by atoms with Gasteiger partial charge in [-0.15, -0.1) is 0 Å². The Kier molecular flexibility index (Phi) is 6.47. The number of ether oxygens (including phenoxy) is 2. The fourth-order valence-electron chi connectivity index (χ4n) is 6.89. The van der Waals surface area contributed by atoms with E-state index >= 15 is 0 Å². The number of pyridine rings is 1. The molecule has 2 heterocycles. The van der Waals surface area contributed by atoms with Gasteiger partial charge in [-0.25, -0.2) is 4.98 Å². The number of aryl methyl sites for hydroxylation is 1. The summed E-state index contributed by atoms with van der Waals surface area (Å²) in [6, 6.07) is 22.0. The van der Waals surface area contributed by atoms with Crippen LogP contribution < -0.4 is 9.47 Å². The highest BCUT2D eigenvalue weighted by molar-refractivity contribution is 5.59. The Morgan fingerprint density at radius 1 is 1.16 bits per heavy atom. The Balaban J connectivity index is 1.83. The molecule has 0 saturated heterocycles. The van der Waals surface area contributed by atoms with Crippen LogP contribution in [0.25, 0.3) is 0 Å². The minimum Gasteiger partial charge on any atom is -0.481 e. The van der Waals surface area contributed by atoms with Crippen LogP contribution in [0.3, 0.4) is 0 Å². The fraction of sp³-hybridized carbons (Fsp3) is 0.419. The van der Waals surface area contributed by atoms with Crippen molar-refractivity contribution >= 4 is 0 Å². The quantitative estimate of drug-likeness (QED) is 0.487. The molecule has 0 amide bonds. The summed E-state index contributed by atoms with van der Waals surface area (Å²) in [5.41, 5.74) is 1.34. The van der Waals surface area contributed by atoms with E-state index in [0.29, 0.717) is 22.8 Å². The van der Waals surface area contributed by atoms with E-state index in [4.69, 9.17) is 9.47 Å². The smallest absolute Gasteiger partial charge is 0.223 e. The molecule has 6 heteroatoms. The van der Waals surface area contributed by atoms with Crippen LogP contribution in [0.4, 0.5) is 0 Å². The zero-order valence-corrected chi connectivity index (χ0v) is 22.2. The summed E-state index contributed by atoms with van der Waals surface area (Å²) in [7, 11) is 3.74. The summed E-state index contributed by atoms with van der Waals surface area (Å²) in [5, 5.41) is 22.6. The Hall–Kier alpha value is -3.40. The molecule has 5 atom stereocenters. The number of methoxy groups -OCH3 is 1. The molecular formula is C31H35N3O3. The van der Waals surface area contributed by atoms with E-state index in [1.54, 1.807) is 19.2 Å². The molecule has 1 aliphatic heterocycles. The first-order valence-corrected chi connectivity index (χ1v) is 13.0. The summed E-state index contributed by atoms with van der Waals surface area (Å²) in [5.74, 6) is 0.711. The lowest BCUT2D eigenvalue weighted by molar-refractivity contribution is -0.125. The van der Waals surface area contributed by atoms with Gasteiger partial charge in [0.25, 0.3) is 0 Å². The third-order valence-corrected chi connectivity index (χ3v) is 8.39. The Bertz CT molecular complexity index is 1320. The van der Waals surface area contributed by atoms with E-state index < -0.39 is 11.2 Å². The predicted octanol–water partition coefficient (Wildman–Crippen LogP) is 5.14. The molecule has 192 valence electrons. The van der Waals surface area contributed by atoms with Crippen molar-refractivity contribution in [3.8, 4) is 17.7 Å². The van der Waals surface area contributed by atoms with Crippen LogP contribution in [-0.4, -0.2) is 42.2 Å². The minimum atomic E-state index is -1.42. The van der Waals surface area contributed by atoms with Gasteiger partial charge in [0.2, 0.25) is 5.88 Å². The topological polar surface area (TPSA) is 78.6 Å². The number of hydrogen-bond donors (Lipinski definition) is 1. The van der Waals surface area contributed by atoms with Crippen LogP contribution in [0.1, 0.15) is 54.1 Å². The highest BCUT2D eigenvalue weighted by atomic mass is 16.5. The van der Waals surface area contributed by atoms with Gasteiger partial charge in [0, 0.05) is 24.2 Å². The van der Waals surface area contributed by atoms with Gasteiger partial charge < -0.3 is 19.5 Å². The average Bonchev–Trinajstić information content (AvgIpc) is 3.27. The SMILES string of the molecule is CCCN(C)C[C@@H]1C(c2ccccc2)C2(c3ccc(C#N)cc3)Oc3cc(C)nc(OC)c3C2(O)[C@@H]1C. The fourth-order valence-corrected chi connectivity index (χ4v) is 6.89. The molecule has 3 unspecified atom stereocenters. The lowest BCUT2D eigenvalue weighted by atomic mass is 9.70. The van der Waals surface area contributed by atoms with Crippen molar-refractivity contribution in [3.05, 3.63) is 88.6 Å². The maximum absolute atomic E-state index is 13.1. The zero-order valence-electron chi connectivity index (χ0n) is 22.2. The van der Waals surface area contributed by atoms with Gasteiger partial charge in [0.05, 0.1) is 24.3 Å². The van der Waals surface area contributed by atoms with Crippen molar-refractivity contribution in [1.29, 1.82) is 5.26 Å². The highest BCUT2D eigenvalue weighted by Crippen LogP contribution is 2.71. The number of nitrogens with zero attached hydrogens (tertiary/aromatic N) is 3. The van der Waals surface area contributed by atoms with Crippen molar-refractivity contribution < 1.29 is 14.6 Å². The highest BCUT2D eigenvalue weighted by Gasteiger charge is 2.75. The first kappa shape index (κ1) is 25.3. The van der Waals surface area contributed by atoms with Gasteiger partial charge in [-0.1, -0.05) is 56.3 Å². The van der Waals surface area contributed by atoms with Gasteiger partial charge in [-0.3, -0.25) is 0 Å². The predicted molar refractivity (Wildman–Crippen MR) is 143 cm³/mol. The first-order chi connectivity index (χ1) is 17.8. The molecule has 1 fully saturated rings. The number of hydrogen-bond acceptors (Lipinski definition) is 6. The van der Waals surface area contributed by atoms with Gasteiger partial charge in [-0.2, -0.15) is 5.26 Å². The molecule has 1 aromatic heterocycles. The van der Waals surface area contributed by atoms with Crippen molar-refractivity contribution in [2.24, 2.45) is 11.8 Å².